The van der Waals surface area contributed by atoms with E-state index in [-0.39, 0.29) is 5.60 Å². The van der Waals surface area contributed by atoms with Crippen molar-refractivity contribution in [3.05, 3.63) is 59.7 Å². The number of hydrogen-bond acceptors (Lipinski definition) is 1. The van der Waals surface area contributed by atoms with Crippen LogP contribution in [0.25, 0.3) is 11.1 Å². The number of ether oxygens (including phenoxy) is 1. The van der Waals surface area contributed by atoms with Crippen LogP contribution in [0.4, 0.5) is 0 Å². The Hall–Kier alpha value is -1.38. The molecule has 2 aliphatic rings. The second-order valence-electron chi connectivity index (χ2n) is 11.2. The van der Waals surface area contributed by atoms with Crippen molar-refractivity contribution in [1.82, 2.24) is 0 Å². The summed E-state index contributed by atoms with van der Waals surface area (Å²) in [4.78, 5) is 0. The molecule has 1 nitrogen and oxygen atoms in total. The summed E-state index contributed by atoms with van der Waals surface area (Å²) in [6.07, 6.45) is 11.1. The first kappa shape index (κ1) is 22.8. The minimum atomic E-state index is -1.52. The third-order valence-electron chi connectivity index (χ3n) is 7.93. The molecule has 1 fully saturated rings. The van der Waals surface area contributed by atoms with Gasteiger partial charge in [-0.25, -0.2) is 0 Å². The number of benzene rings is 2. The lowest BCUT2D eigenvalue weighted by atomic mass is 10.1. The molecule has 31 heavy (non-hydrogen) atoms. The summed E-state index contributed by atoms with van der Waals surface area (Å²) in [5, 5.41) is 0. The topological polar surface area (TPSA) is 9.23 Å². The van der Waals surface area contributed by atoms with Gasteiger partial charge in [0.2, 0.25) is 0 Å². The molecular weight excluding hydrogens is 392 g/mol. The summed E-state index contributed by atoms with van der Waals surface area (Å²) in [6, 6.07) is 20.1. The zero-order valence-electron chi connectivity index (χ0n) is 20.3. The van der Waals surface area contributed by atoms with E-state index in [4.69, 9.17) is 4.74 Å². The van der Waals surface area contributed by atoms with Gasteiger partial charge in [0.1, 0.15) is 0 Å². The summed E-state index contributed by atoms with van der Waals surface area (Å²) in [5.41, 5.74) is 7.98. The summed E-state index contributed by atoms with van der Waals surface area (Å²) in [5.74, 6) is 0. The molecule has 1 saturated carbocycles. The molecule has 1 atom stereocenters. The average Bonchev–Trinajstić information content (AvgIpc) is 3.39. The lowest BCUT2D eigenvalue weighted by Gasteiger charge is -2.40. The Morgan fingerprint density at radius 3 is 1.94 bits per heavy atom. The molecule has 2 aliphatic carbocycles. The predicted octanol–water partition coefficient (Wildman–Crippen LogP) is 8.74. The fourth-order valence-electron chi connectivity index (χ4n) is 6.38. The number of unbranched alkanes of at least 4 members (excludes halogenated alkanes) is 3. The second-order valence-corrected chi connectivity index (χ2v) is 16.1. The Balaban J connectivity index is 1.49. The minimum absolute atomic E-state index is 0.00276. The van der Waals surface area contributed by atoms with Gasteiger partial charge >= 0.3 is 0 Å². The fourth-order valence-corrected chi connectivity index (χ4v) is 12.2. The first-order valence-corrected chi connectivity index (χ1v) is 15.6. The van der Waals surface area contributed by atoms with Crippen LogP contribution in [0.15, 0.2) is 48.5 Å². The van der Waals surface area contributed by atoms with Gasteiger partial charge in [-0.3, -0.25) is 0 Å². The van der Waals surface area contributed by atoms with Crippen LogP contribution in [-0.4, -0.2) is 20.3 Å². The second kappa shape index (κ2) is 9.63. The molecule has 0 aromatic heterocycles. The van der Waals surface area contributed by atoms with E-state index in [1.807, 2.05) is 0 Å². The normalized spacial score (nSPS) is 18.7. The summed E-state index contributed by atoms with van der Waals surface area (Å²) in [6.45, 7) is 10.1. The maximum absolute atomic E-state index is 5.93. The Bertz CT molecular complexity index is 816. The van der Waals surface area contributed by atoms with Gasteiger partial charge in [-0.1, -0.05) is 106 Å². The van der Waals surface area contributed by atoms with E-state index in [0.29, 0.717) is 5.54 Å². The molecule has 0 unspecified atom stereocenters. The molecule has 0 aliphatic heterocycles. The van der Waals surface area contributed by atoms with Gasteiger partial charge in [0.25, 0.3) is 0 Å². The Morgan fingerprint density at radius 2 is 1.35 bits per heavy atom. The van der Waals surface area contributed by atoms with Gasteiger partial charge in [0.15, 0.2) is 0 Å². The number of hydrogen-bond donors (Lipinski definition) is 0. The zero-order chi connectivity index (χ0) is 21.9. The standard InChI is InChI=1S/C29H42OSi/c1-29(2,3)30-21-13-5-6-14-22-31(4,23-15-7-8-16-23)28-26-19-11-9-17-24(26)25-18-10-12-20-27(25)28/h9-12,17-20,23,28H,5-8,13-16,21-22H2,1-4H3/t31-/m1/s1. The Morgan fingerprint density at radius 1 is 0.806 bits per heavy atom. The van der Waals surface area contributed by atoms with E-state index in [1.54, 1.807) is 11.1 Å². The number of fused-ring (bicyclic) bond motifs is 3. The highest BCUT2D eigenvalue weighted by Gasteiger charge is 2.48. The van der Waals surface area contributed by atoms with E-state index in [1.165, 1.54) is 68.5 Å². The van der Waals surface area contributed by atoms with Gasteiger partial charge in [-0.2, -0.15) is 0 Å². The first-order valence-electron chi connectivity index (χ1n) is 12.7. The number of rotatable bonds is 9. The van der Waals surface area contributed by atoms with Crippen LogP contribution >= 0.6 is 0 Å². The average molecular weight is 435 g/mol. The highest BCUT2D eigenvalue weighted by Crippen LogP contribution is 2.56. The van der Waals surface area contributed by atoms with Gasteiger partial charge in [-0.05, 0) is 55.0 Å². The van der Waals surface area contributed by atoms with E-state index in [0.717, 1.165) is 12.1 Å². The third-order valence-corrected chi connectivity index (χ3v) is 13.7. The lowest BCUT2D eigenvalue weighted by molar-refractivity contribution is -0.00471. The van der Waals surface area contributed by atoms with Crippen LogP contribution < -0.4 is 0 Å². The molecule has 0 spiro atoms. The van der Waals surface area contributed by atoms with E-state index in [9.17, 15) is 0 Å². The highest BCUT2D eigenvalue weighted by molar-refractivity contribution is 6.82. The summed E-state index contributed by atoms with van der Waals surface area (Å²) in [7, 11) is -1.52. The van der Waals surface area contributed by atoms with Crippen molar-refractivity contribution < 1.29 is 4.74 Å². The monoisotopic (exact) mass is 434 g/mol. The minimum Gasteiger partial charge on any atom is -0.376 e. The van der Waals surface area contributed by atoms with Crippen LogP contribution in [-0.2, 0) is 4.74 Å². The fraction of sp³-hybridized carbons (Fsp3) is 0.586. The molecule has 168 valence electrons. The van der Waals surface area contributed by atoms with Crippen molar-refractivity contribution in [2.75, 3.05) is 6.61 Å². The van der Waals surface area contributed by atoms with Crippen LogP contribution in [0.2, 0.25) is 18.1 Å². The van der Waals surface area contributed by atoms with Gasteiger partial charge < -0.3 is 4.74 Å². The largest absolute Gasteiger partial charge is 0.376 e. The quantitative estimate of drug-likeness (QED) is 0.283. The maximum Gasteiger partial charge on any atom is 0.0665 e. The smallest absolute Gasteiger partial charge is 0.0665 e. The van der Waals surface area contributed by atoms with Gasteiger partial charge in [0, 0.05) is 12.1 Å². The van der Waals surface area contributed by atoms with Crippen LogP contribution in [0, 0.1) is 0 Å². The van der Waals surface area contributed by atoms with E-state index < -0.39 is 8.07 Å². The van der Waals surface area contributed by atoms with Crippen molar-refractivity contribution in [2.24, 2.45) is 0 Å². The molecular formula is C29H42OSi. The van der Waals surface area contributed by atoms with Crippen molar-refractivity contribution in [2.45, 2.75) is 101 Å². The molecule has 0 amide bonds. The predicted molar refractivity (Wildman–Crippen MR) is 137 cm³/mol. The van der Waals surface area contributed by atoms with Crippen molar-refractivity contribution in [1.29, 1.82) is 0 Å². The first-order chi connectivity index (χ1) is 14.9. The SMILES string of the molecule is CC(C)(C)OCCCCCC[Si@](C)(C1CCCC1)C1c2ccccc2-c2ccccc21. The summed E-state index contributed by atoms with van der Waals surface area (Å²) < 4.78 is 5.93. The van der Waals surface area contributed by atoms with Crippen LogP contribution in [0.1, 0.15) is 88.8 Å². The van der Waals surface area contributed by atoms with Gasteiger partial charge in [0.05, 0.1) is 13.7 Å². The molecule has 0 N–H and O–H groups in total. The Labute approximate surface area is 191 Å². The molecule has 2 heteroatoms. The van der Waals surface area contributed by atoms with Crippen LogP contribution in [0.3, 0.4) is 0 Å². The maximum atomic E-state index is 5.93. The van der Waals surface area contributed by atoms with E-state index in [2.05, 4.69) is 75.8 Å². The zero-order valence-corrected chi connectivity index (χ0v) is 21.3. The molecule has 0 bridgehead atoms. The molecule has 4 rings (SSSR count). The van der Waals surface area contributed by atoms with Crippen LogP contribution in [0.5, 0.6) is 0 Å². The van der Waals surface area contributed by atoms with E-state index >= 15 is 0 Å². The third kappa shape index (κ3) is 5.01. The van der Waals surface area contributed by atoms with Gasteiger partial charge in [-0.15, -0.1) is 0 Å². The lowest BCUT2D eigenvalue weighted by Crippen LogP contribution is -2.42. The molecule has 0 saturated heterocycles. The summed E-state index contributed by atoms with van der Waals surface area (Å²) >= 11 is 0. The van der Waals surface area contributed by atoms with Crippen molar-refractivity contribution in [3.8, 4) is 11.1 Å². The molecule has 0 heterocycles. The van der Waals surface area contributed by atoms with Crippen molar-refractivity contribution >= 4 is 8.07 Å². The molecule has 2 aromatic rings. The highest BCUT2D eigenvalue weighted by atomic mass is 28.3. The van der Waals surface area contributed by atoms with Crippen molar-refractivity contribution in [3.63, 3.8) is 0 Å². The molecule has 2 aromatic carbocycles. The Kier molecular flexibility index (Phi) is 7.08. The molecule has 0 radical (unpaired) electrons.